The van der Waals surface area contributed by atoms with Crippen LogP contribution in [-0.4, -0.2) is 62.4 Å². The molecule has 0 spiro atoms. The average molecular weight is 493 g/mol. The number of fused-ring (bicyclic) bond motifs is 1. The first-order valence-corrected chi connectivity index (χ1v) is 11.9. The van der Waals surface area contributed by atoms with E-state index >= 15 is 0 Å². The number of benzene rings is 1. The van der Waals surface area contributed by atoms with E-state index in [4.69, 9.17) is 0 Å². The topological polar surface area (TPSA) is 61.7 Å². The molecule has 2 aliphatic rings. The molecule has 3 heterocycles. The molecule has 2 amide bonds. The van der Waals surface area contributed by atoms with Crippen LogP contribution in [0.4, 0.5) is 11.4 Å². The molecule has 0 radical (unpaired) electrons. The molecule has 7 nitrogen and oxygen atoms in total. The van der Waals surface area contributed by atoms with Crippen LogP contribution in [0.1, 0.15) is 28.9 Å². The van der Waals surface area contributed by atoms with Crippen LogP contribution in [0.5, 0.6) is 0 Å². The number of rotatable bonds is 5. The zero-order chi connectivity index (χ0) is 19.7. The van der Waals surface area contributed by atoms with Gasteiger partial charge in [0.25, 0.3) is 5.91 Å². The lowest BCUT2D eigenvalue weighted by molar-refractivity contribution is -0.119. The van der Waals surface area contributed by atoms with Crippen LogP contribution in [0, 0.1) is 0 Å². The third kappa shape index (κ3) is 3.62. The molecule has 28 heavy (non-hydrogen) atoms. The fourth-order valence-electron chi connectivity index (χ4n) is 3.84. The van der Waals surface area contributed by atoms with Gasteiger partial charge in [0.1, 0.15) is 5.69 Å². The predicted molar refractivity (Wildman–Crippen MR) is 120 cm³/mol. The van der Waals surface area contributed by atoms with Crippen molar-refractivity contribution in [3.63, 3.8) is 0 Å². The number of carbonyl (C=O) groups is 2. The lowest BCUT2D eigenvalue weighted by Crippen LogP contribution is -2.37. The molecule has 1 aromatic heterocycles. The second kappa shape index (κ2) is 8.12. The Morgan fingerprint density at radius 2 is 2.00 bits per heavy atom. The van der Waals surface area contributed by atoms with Crippen LogP contribution < -0.4 is 9.80 Å². The third-order valence-corrected chi connectivity index (χ3v) is 6.88. The first-order chi connectivity index (χ1) is 13.6. The minimum Gasteiger partial charge on any atom is -0.314 e. The summed E-state index contributed by atoms with van der Waals surface area (Å²) < 4.78 is 5.65. The molecule has 0 bridgehead atoms. The molecule has 148 valence electrons. The summed E-state index contributed by atoms with van der Waals surface area (Å²) in [6, 6.07) is 7.71. The summed E-state index contributed by atoms with van der Waals surface area (Å²) in [5.74, 6) is 0.0282. The van der Waals surface area contributed by atoms with Gasteiger partial charge in [0.15, 0.2) is 0 Å². The van der Waals surface area contributed by atoms with Gasteiger partial charge in [-0.1, -0.05) is 6.07 Å². The maximum atomic E-state index is 13.1. The summed E-state index contributed by atoms with van der Waals surface area (Å²) in [5, 5.41) is 4.20. The number of hydrogen-bond acceptors (Lipinski definition) is 4. The van der Waals surface area contributed by atoms with Crippen molar-refractivity contribution in [1.82, 2.24) is 12.9 Å². The molecule has 1 saturated heterocycles. The Morgan fingerprint density at radius 3 is 2.75 bits per heavy atom. The quantitative estimate of drug-likeness (QED) is 0.601. The molecule has 1 fully saturated rings. The molecule has 0 aliphatic carbocycles. The van der Waals surface area contributed by atoms with Gasteiger partial charge in [-0.3, -0.25) is 14.5 Å². The first-order valence-electron chi connectivity index (χ1n) is 9.45. The highest BCUT2D eigenvalue weighted by Gasteiger charge is 2.28. The van der Waals surface area contributed by atoms with Gasteiger partial charge in [-0.2, -0.15) is 5.10 Å². The van der Waals surface area contributed by atoms with E-state index in [0.717, 1.165) is 36.4 Å². The zero-order valence-electron chi connectivity index (χ0n) is 16.0. The Balaban J connectivity index is 1.55. The van der Waals surface area contributed by atoms with Crippen molar-refractivity contribution in [2.75, 3.05) is 43.0 Å². The minimum absolute atomic E-state index is 0.0530. The van der Waals surface area contributed by atoms with Gasteiger partial charge < -0.3 is 9.80 Å². The second-order valence-electron chi connectivity index (χ2n) is 7.15. The van der Waals surface area contributed by atoms with Gasteiger partial charge in [-0.05, 0) is 60.6 Å². The lowest BCUT2D eigenvalue weighted by Gasteiger charge is -2.23. The molecule has 0 unspecified atom stereocenters. The lowest BCUT2D eigenvalue weighted by atomic mass is 10.1. The SMILES string of the molecule is C=In1nccc1C(=O)N1CCc2ccc(N(C)C(=O)CN3CCCC3)cc21. The van der Waals surface area contributed by atoms with E-state index in [0.29, 0.717) is 18.8 Å². The Labute approximate surface area is 175 Å². The molecule has 1 aromatic carbocycles. The second-order valence-corrected chi connectivity index (χ2v) is 8.75. The zero-order valence-corrected chi connectivity index (χ0v) is 18.1. The van der Waals surface area contributed by atoms with Crippen molar-refractivity contribution in [3.8, 4) is 0 Å². The monoisotopic (exact) mass is 493 g/mol. The van der Waals surface area contributed by atoms with Gasteiger partial charge in [0.05, 0.1) is 12.7 Å². The summed E-state index contributed by atoms with van der Waals surface area (Å²) in [4.78, 5) is 31.4. The molecule has 0 atom stereocenters. The number of hydrogen-bond donors (Lipinski definition) is 0. The maximum absolute atomic E-state index is 13.1. The highest BCUT2D eigenvalue weighted by atomic mass is 127. The van der Waals surface area contributed by atoms with Crippen molar-refractivity contribution in [2.45, 2.75) is 19.3 Å². The summed E-state index contributed by atoms with van der Waals surface area (Å²) in [7, 11) is 1.81. The third-order valence-electron chi connectivity index (χ3n) is 5.46. The molecule has 0 N–H and O–H groups in total. The molecular weight excluding hydrogens is 469 g/mol. The normalized spacial score (nSPS) is 16.4. The van der Waals surface area contributed by atoms with Gasteiger partial charge in [0, 0.05) is 46.0 Å². The Bertz CT molecular complexity index is 919. The number of anilines is 2. The summed E-state index contributed by atoms with van der Waals surface area (Å²) in [5.41, 5.74) is 3.42. The largest absolute Gasteiger partial charge is 0.314 e. The summed E-state index contributed by atoms with van der Waals surface area (Å²) in [6.45, 7) is 3.08. The number of aromatic nitrogens is 2. The van der Waals surface area contributed by atoms with Crippen molar-refractivity contribution in [2.24, 2.45) is 0 Å². The fraction of sp³-hybridized carbons (Fsp3) is 0.400. The van der Waals surface area contributed by atoms with Crippen LogP contribution >= 0.6 is 21.0 Å². The molecule has 4 rings (SSSR count). The average Bonchev–Trinajstić information content (AvgIpc) is 3.46. The number of carbonyl (C=O) groups excluding carboxylic acids is 2. The summed E-state index contributed by atoms with van der Waals surface area (Å²) >= 11 is -0.575. The van der Waals surface area contributed by atoms with E-state index < -0.39 is 21.0 Å². The molecule has 2 aliphatic heterocycles. The molecule has 8 heteroatoms. The van der Waals surface area contributed by atoms with Gasteiger partial charge >= 0.3 is 0 Å². The Kier molecular flexibility index (Phi) is 5.58. The minimum atomic E-state index is -0.575. The number of likely N-dealkylation sites (N-methyl/N-ethyl adjacent to an activating group) is 1. The van der Waals surface area contributed by atoms with Crippen molar-refractivity contribution >= 4 is 48.7 Å². The Morgan fingerprint density at radius 1 is 1.21 bits per heavy atom. The van der Waals surface area contributed by atoms with E-state index in [1.807, 2.05) is 25.2 Å². The van der Waals surface area contributed by atoms with E-state index in [-0.39, 0.29) is 11.8 Å². The van der Waals surface area contributed by atoms with E-state index in [1.165, 1.54) is 12.8 Å². The van der Waals surface area contributed by atoms with Gasteiger partial charge in [-0.15, -0.1) is 0 Å². The van der Waals surface area contributed by atoms with Crippen LogP contribution in [-0.2, 0) is 11.2 Å². The molecule has 0 saturated carbocycles. The highest BCUT2D eigenvalue weighted by molar-refractivity contribution is 14.2. The van der Waals surface area contributed by atoms with E-state index in [1.54, 1.807) is 25.0 Å². The molecular formula is C20H24IN5O2. The highest BCUT2D eigenvalue weighted by Crippen LogP contribution is 2.33. The van der Waals surface area contributed by atoms with Crippen LogP contribution in [0.25, 0.3) is 0 Å². The van der Waals surface area contributed by atoms with E-state index in [9.17, 15) is 9.59 Å². The fourth-order valence-corrected chi connectivity index (χ4v) is 4.89. The predicted octanol–water partition coefficient (Wildman–Crippen LogP) is 2.31. The van der Waals surface area contributed by atoms with Gasteiger partial charge in [0.2, 0.25) is 5.91 Å². The standard InChI is InChI=1S/C20H24IN5O2/c1-21-26-17(7-9-22-26)20(28)25-12-8-15-5-6-16(13-18(15)25)23(2)19(27)14-24-10-3-4-11-24/h5-7,9,13H,1,3-4,8,10-12,14H2,2H3. The van der Waals surface area contributed by atoms with Crippen LogP contribution in [0.15, 0.2) is 30.5 Å². The maximum Gasteiger partial charge on any atom is 0.277 e. The summed E-state index contributed by atoms with van der Waals surface area (Å²) in [6.07, 6.45) is 4.80. The number of halogens is 1. The van der Waals surface area contributed by atoms with Gasteiger partial charge in [-0.25, -0.2) is 2.90 Å². The van der Waals surface area contributed by atoms with Crippen molar-refractivity contribution < 1.29 is 9.59 Å². The van der Waals surface area contributed by atoms with Crippen LogP contribution in [0.3, 0.4) is 0 Å². The van der Waals surface area contributed by atoms with E-state index in [2.05, 4.69) is 14.5 Å². The first kappa shape index (κ1) is 19.3. The number of amides is 2. The van der Waals surface area contributed by atoms with Crippen LogP contribution in [0.2, 0.25) is 0 Å². The molecule has 2 aromatic rings. The smallest absolute Gasteiger partial charge is 0.277 e. The van der Waals surface area contributed by atoms with Crippen molar-refractivity contribution in [1.29, 1.82) is 0 Å². The van der Waals surface area contributed by atoms with Crippen molar-refractivity contribution in [3.05, 3.63) is 41.7 Å². The number of likely N-dealkylation sites (tertiary alicyclic amines) is 1. The number of nitrogens with zero attached hydrogens (tertiary/aromatic N) is 5. The Hall–Kier alpha value is -2.07.